The monoisotopic (exact) mass is 301 g/mol. The third-order valence-corrected chi connectivity index (χ3v) is 2.91. The molecule has 0 atom stereocenters. The third-order valence-electron chi connectivity index (χ3n) is 2.72. The maximum atomic E-state index is 5.92. The van der Waals surface area contributed by atoms with Crippen molar-refractivity contribution in [3.8, 4) is 17.6 Å². The van der Waals surface area contributed by atoms with Crippen molar-refractivity contribution in [3.05, 3.63) is 53.7 Å². The van der Waals surface area contributed by atoms with E-state index < -0.39 is 0 Å². The Labute approximate surface area is 126 Å². The van der Waals surface area contributed by atoms with E-state index in [9.17, 15) is 0 Å². The number of halogens is 1. The molecule has 0 N–H and O–H groups in total. The molecule has 6 nitrogen and oxygen atoms in total. The van der Waals surface area contributed by atoms with E-state index in [0.29, 0.717) is 23.3 Å². The van der Waals surface area contributed by atoms with Gasteiger partial charge in [-0.25, -0.2) is 9.67 Å². The number of hydrogen-bond acceptors (Lipinski definition) is 5. The van der Waals surface area contributed by atoms with Crippen molar-refractivity contribution in [2.75, 3.05) is 0 Å². The number of rotatable bonds is 4. The minimum absolute atomic E-state index is 0.204. The first-order chi connectivity index (χ1) is 10.2. The van der Waals surface area contributed by atoms with Crippen molar-refractivity contribution < 1.29 is 4.74 Å². The summed E-state index contributed by atoms with van der Waals surface area (Å²) in [4.78, 5) is 12.4. The molecule has 106 valence electrons. The van der Waals surface area contributed by atoms with Crippen molar-refractivity contribution in [2.24, 2.45) is 0 Å². The Bertz CT molecular complexity index is 744. The van der Waals surface area contributed by atoms with E-state index in [1.54, 1.807) is 11.0 Å². The molecule has 0 radical (unpaired) electrons. The van der Waals surface area contributed by atoms with Crippen LogP contribution in [0.1, 0.15) is 12.7 Å². The zero-order valence-corrected chi connectivity index (χ0v) is 12.0. The van der Waals surface area contributed by atoms with Gasteiger partial charge in [-0.3, -0.25) is 0 Å². The summed E-state index contributed by atoms with van der Waals surface area (Å²) >= 11 is 5.92. The van der Waals surface area contributed by atoms with E-state index in [-0.39, 0.29) is 6.01 Å². The number of benzene rings is 1. The minimum atomic E-state index is 0.204. The molecule has 3 aromatic rings. The molecule has 2 heterocycles. The predicted molar refractivity (Wildman–Crippen MR) is 77.9 cm³/mol. The Morgan fingerprint density at radius 2 is 2.00 bits per heavy atom. The SMILES string of the molecule is CCc1nc(Cl)cc(Oc2ncn(-c3ccccc3)n2)n1. The van der Waals surface area contributed by atoms with Crippen molar-refractivity contribution in [2.45, 2.75) is 13.3 Å². The molecule has 0 spiro atoms. The molecule has 1 aromatic carbocycles. The van der Waals surface area contributed by atoms with Crippen LogP contribution >= 0.6 is 11.6 Å². The summed E-state index contributed by atoms with van der Waals surface area (Å²) < 4.78 is 7.15. The van der Waals surface area contributed by atoms with Gasteiger partial charge in [0.25, 0.3) is 0 Å². The summed E-state index contributed by atoms with van der Waals surface area (Å²) in [7, 11) is 0. The molecule has 3 rings (SSSR count). The first-order valence-electron chi connectivity index (χ1n) is 6.43. The Hall–Kier alpha value is -2.47. The molecule has 7 heteroatoms. The van der Waals surface area contributed by atoms with Crippen molar-refractivity contribution >= 4 is 11.6 Å². The van der Waals surface area contributed by atoms with Gasteiger partial charge in [0.2, 0.25) is 5.88 Å². The highest BCUT2D eigenvalue weighted by molar-refractivity contribution is 6.29. The molecule has 0 amide bonds. The van der Waals surface area contributed by atoms with E-state index in [0.717, 1.165) is 5.69 Å². The van der Waals surface area contributed by atoms with Crippen molar-refractivity contribution in [1.29, 1.82) is 0 Å². The Balaban J connectivity index is 1.83. The Kier molecular flexibility index (Phi) is 3.79. The average molecular weight is 302 g/mol. The smallest absolute Gasteiger partial charge is 0.342 e. The average Bonchev–Trinajstić information content (AvgIpc) is 2.96. The maximum absolute atomic E-state index is 5.92. The Morgan fingerprint density at radius 3 is 2.76 bits per heavy atom. The highest BCUT2D eigenvalue weighted by atomic mass is 35.5. The van der Waals surface area contributed by atoms with Gasteiger partial charge in [0.1, 0.15) is 17.3 Å². The fourth-order valence-corrected chi connectivity index (χ4v) is 1.94. The first kappa shape index (κ1) is 13.5. The lowest BCUT2D eigenvalue weighted by Gasteiger charge is -2.02. The number of hydrogen-bond donors (Lipinski definition) is 0. The fourth-order valence-electron chi connectivity index (χ4n) is 1.75. The van der Waals surface area contributed by atoms with Crippen LogP contribution in [0, 0.1) is 0 Å². The van der Waals surface area contributed by atoms with Crippen LogP contribution < -0.4 is 4.74 Å². The molecule has 21 heavy (non-hydrogen) atoms. The van der Waals surface area contributed by atoms with Gasteiger partial charge in [-0.2, -0.15) is 9.97 Å². The summed E-state index contributed by atoms with van der Waals surface area (Å²) in [6.07, 6.45) is 2.25. The highest BCUT2D eigenvalue weighted by Crippen LogP contribution is 2.19. The van der Waals surface area contributed by atoms with Crippen LogP contribution in [0.25, 0.3) is 5.69 Å². The first-order valence-corrected chi connectivity index (χ1v) is 6.81. The minimum Gasteiger partial charge on any atom is -0.404 e. The van der Waals surface area contributed by atoms with Gasteiger partial charge in [-0.05, 0) is 12.1 Å². The number of para-hydroxylation sites is 1. The summed E-state index contributed by atoms with van der Waals surface area (Å²) in [5, 5.41) is 4.57. The lowest BCUT2D eigenvalue weighted by molar-refractivity contribution is 0.421. The molecule has 0 bridgehead atoms. The summed E-state index contributed by atoms with van der Waals surface area (Å²) in [5.41, 5.74) is 0.898. The third kappa shape index (κ3) is 3.17. The largest absolute Gasteiger partial charge is 0.404 e. The molecule has 0 saturated carbocycles. The maximum Gasteiger partial charge on any atom is 0.342 e. The van der Waals surface area contributed by atoms with E-state index in [1.165, 1.54) is 6.07 Å². The number of aromatic nitrogens is 5. The molecule has 0 aliphatic heterocycles. The molecule has 2 aromatic heterocycles. The van der Waals surface area contributed by atoms with Gasteiger partial charge in [0.15, 0.2) is 0 Å². The second-order valence-corrected chi connectivity index (χ2v) is 4.60. The zero-order chi connectivity index (χ0) is 14.7. The molecule has 0 saturated heterocycles. The van der Waals surface area contributed by atoms with Crippen molar-refractivity contribution in [3.63, 3.8) is 0 Å². The van der Waals surface area contributed by atoms with Crippen LogP contribution in [0.4, 0.5) is 0 Å². The van der Waals surface area contributed by atoms with Crippen LogP contribution in [-0.4, -0.2) is 24.7 Å². The second-order valence-electron chi connectivity index (χ2n) is 4.21. The standard InChI is InChI=1S/C14H12ClN5O/c1-2-12-17-11(15)8-13(18-12)21-14-16-9-20(19-14)10-6-4-3-5-7-10/h3-9H,2H2,1H3. The van der Waals surface area contributed by atoms with Gasteiger partial charge >= 0.3 is 6.01 Å². The van der Waals surface area contributed by atoms with E-state index >= 15 is 0 Å². The molecule has 0 aliphatic carbocycles. The lowest BCUT2D eigenvalue weighted by Crippen LogP contribution is -1.98. The van der Waals surface area contributed by atoms with Crippen LogP contribution in [0.15, 0.2) is 42.7 Å². The topological polar surface area (TPSA) is 65.7 Å². The predicted octanol–water partition coefficient (Wildman–Crippen LogP) is 3.07. The molecule has 0 fully saturated rings. The summed E-state index contributed by atoms with van der Waals surface area (Å²) in [5.74, 6) is 0.942. The molecule has 0 unspecified atom stereocenters. The van der Waals surface area contributed by atoms with Gasteiger partial charge in [0, 0.05) is 12.5 Å². The molecular weight excluding hydrogens is 290 g/mol. The molecular formula is C14H12ClN5O. The number of nitrogens with zero attached hydrogens (tertiary/aromatic N) is 5. The van der Waals surface area contributed by atoms with E-state index in [2.05, 4.69) is 20.1 Å². The quantitative estimate of drug-likeness (QED) is 0.693. The second kappa shape index (κ2) is 5.88. The summed E-state index contributed by atoms with van der Waals surface area (Å²) in [6.45, 7) is 1.94. The van der Waals surface area contributed by atoms with E-state index in [4.69, 9.17) is 16.3 Å². The number of ether oxygens (including phenoxy) is 1. The van der Waals surface area contributed by atoms with Crippen LogP contribution in [0.2, 0.25) is 5.15 Å². The van der Waals surface area contributed by atoms with E-state index in [1.807, 2.05) is 37.3 Å². The normalized spacial score (nSPS) is 10.6. The zero-order valence-electron chi connectivity index (χ0n) is 11.3. The van der Waals surface area contributed by atoms with Gasteiger partial charge < -0.3 is 4.74 Å². The van der Waals surface area contributed by atoms with Crippen LogP contribution in [-0.2, 0) is 6.42 Å². The Morgan fingerprint density at radius 1 is 1.19 bits per heavy atom. The van der Waals surface area contributed by atoms with Gasteiger partial charge in [-0.15, -0.1) is 5.10 Å². The summed E-state index contributed by atoms with van der Waals surface area (Å²) in [6, 6.07) is 11.4. The van der Waals surface area contributed by atoms with Gasteiger partial charge in [0.05, 0.1) is 5.69 Å². The highest BCUT2D eigenvalue weighted by Gasteiger charge is 2.08. The fraction of sp³-hybridized carbons (Fsp3) is 0.143. The van der Waals surface area contributed by atoms with Crippen LogP contribution in [0.5, 0.6) is 11.9 Å². The van der Waals surface area contributed by atoms with Crippen LogP contribution in [0.3, 0.4) is 0 Å². The lowest BCUT2D eigenvalue weighted by atomic mass is 10.3. The number of aryl methyl sites for hydroxylation is 1. The van der Waals surface area contributed by atoms with Crippen molar-refractivity contribution in [1.82, 2.24) is 24.7 Å². The molecule has 0 aliphatic rings. The van der Waals surface area contributed by atoms with Gasteiger partial charge in [-0.1, -0.05) is 36.7 Å².